The van der Waals surface area contributed by atoms with Crippen molar-refractivity contribution in [3.8, 4) is 0 Å². The molecule has 0 aromatic heterocycles. The van der Waals surface area contributed by atoms with Crippen molar-refractivity contribution in [2.24, 2.45) is 0 Å². The van der Waals surface area contributed by atoms with E-state index in [1.54, 1.807) is 20.8 Å². The molecule has 178 valence electrons. The van der Waals surface area contributed by atoms with Crippen LogP contribution in [0, 0.1) is 10.1 Å². The zero-order valence-electron chi connectivity index (χ0n) is 19.0. The first-order valence-corrected chi connectivity index (χ1v) is 13.0. The zero-order valence-corrected chi connectivity index (χ0v) is 20.8. The molecule has 0 fully saturated rings. The van der Waals surface area contributed by atoms with Gasteiger partial charge in [-0.3, -0.25) is 19.2 Å². The topological polar surface area (TPSA) is 140 Å². The van der Waals surface area contributed by atoms with Crippen molar-refractivity contribution in [1.29, 1.82) is 0 Å². The number of hydrogen-bond acceptors (Lipinski definition) is 10. The average Bonchev–Trinajstić information content (AvgIpc) is 2.58. The largest absolute Gasteiger partial charge is 0.455 e. The number of rotatable bonds is 14. The fourth-order valence-electron chi connectivity index (χ4n) is 2.51. The molecule has 30 heavy (non-hydrogen) atoms. The lowest BCUT2D eigenvalue weighted by molar-refractivity contribution is -0.552. The molecule has 0 aliphatic rings. The van der Waals surface area contributed by atoms with Crippen LogP contribution in [-0.2, 0) is 36.8 Å². The van der Waals surface area contributed by atoms with Gasteiger partial charge in [-0.2, -0.15) is 0 Å². The first-order valence-electron chi connectivity index (χ1n) is 9.81. The maximum absolute atomic E-state index is 13.6. The Bertz CT molecular complexity index is 628. The fraction of sp³-hybridized carbons (Fsp3) is 0.941. The smallest absolute Gasteiger partial charge is 0.385 e. The number of esters is 1. The van der Waals surface area contributed by atoms with Crippen LogP contribution in [0.25, 0.3) is 0 Å². The molecular weight excluding hydrogens is 440 g/mol. The number of nitro groups is 1. The quantitative estimate of drug-likeness (QED) is 0.151. The van der Waals surface area contributed by atoms with E-state index < -0.39 is 49.0 Å². The minimum absolute atomic E-state index is 0.0896. The highest BCUT2D eigenvalue weighted by Crippen LogP contribution is 2.72. The summed E-state index contributed by atoms with van der Waals surface area (Å²) < 4.78 is 53.6. The Morgan fingerprint density at radius 2 is 1.20 bits per heavy atom. The molecule has 0 radical (unpaired) electrons. The van der Waals surface area contributed by atoms with Crippen LogP contribution >= 0.6 is 15.2 Å². The minimum Gasteiger partial charge on any atom is -0.455 e. The molecule has 0 aromatic rings. The average molecular weight is 475 g/mol. The molecule has 0 amide bonds. The summed E-state index contributed by atoms with van der Waals surface area (Å²) in [6.45, 7) is 11.5. The summed E-state index contributed by atoms with van der Waals surface area (Å²) in [7, 11) is -8.53. The van der Waals surface area contributed by atoms with Crippen LogP contribution in [0.4, 0.5) is 0 Å². The first-order chi connectivity index (χ1) is 13.7. The van der Waals surface area contributed by atoms with Crippen LogP contribution < -0.4 is 0 Å². The summed E-state index contributed by atoms with van der Waals surface area (Å²) in [6.07, 6.45) is -0.802. The Morgan fingerprint density at radius 1 is 0.867 bits per heavy atom. The maximum Gasteiger partial charge on any atom is 0.385 e. The lowest BCUT2D eigenvalue weighted by Gasteiger charge is -2.34. The Labute approximate surface area is 178 Å². The highest BCUT2D eigenvalue weighted by atomic mass is 31.2. The Balaban J connectivity index is 6.60. The van der Waals surface area contributed by atoms with Crippen LogP contribution in [-0.4, -0.2) is 53.9 Å². The lowest BCUT2D eigenvalue weighted by atomic mass is 9.99. The van der Waals surface area contributed by atoms with Crippen molar-refractivity contribution in [1.82, 2.24) is 0 Å². The van der Waals surface area contributed by atoms with Crippen LogP contribution in [0.3, 0.4) is 0 Å². The van der Waals surface area contributed by atoms with Gasteiger partial charge >= 0.3 is 26.7 Å². The SMILES string of the molecule is CCOP(=O)(OCC)C(C[C@](C)(C(=O)OC(C)(C)C)[N+](=O)[O-])P(=O)(OCC)OCC. The Kier molecular flexibility index (Phi) is 11.4. The van der Waals surface area contributed by atoms with Crippen LogP contribution in [0.15, 0.2) is 0 Å². The van der Waals surface area contributed by atoms with Gasteiger partial charge in [0.1, 0.15) is 5.60 Å². The van der Waals surface area contributed by atoms with E-state index in [1.165, 1.54) is 27.7 Å². The van der Waals surface area contributed by atoms with E-state index in [1.807, 2.05) is 0 Å². The highest BCUT2D eigenvalue weighted by molar-refractivity contribution is 7.72. The summed E-state index contributed by atoms with van der Waals surface area (Å²) in [5.41, 5.74) is -3.43. The second kappa shape index (κ2) is 11.7. The van der Waals surface area contributed by atoms with E-state index in [0.717, 1.165) is 6.92 Å². The van der Waals surface area contributed by atoms with Gasteiger partial charge in [-0.05, 0) is 48.5 Å². The third-order valence-corrected chi connectivity index (χ3v) is 9.78. The number of carbonyl (C=O) groups is 1. The minimum atomic E-state index is -4.26. The fourth-order valence-corrected chi connectivity index (χ4v) is 8.13. The molecule has 0 aromatic carbocycles. The van der Waals surface area contributed by atoms with Gasteiger partial charge in [0.25, 0.3) is 0 Å². The van der Waals surface area contributed by atoms with Crippen LogP contribution in [0.1, 0.15) is 61.8 Å². The zero-order chi connectivity index (χ0) is 23.8. The van der Waals surface area contributed by atoms with Gasteiger partial charge in [0, 0.05) is 11.8 Å². The van der Waals surface area contributed by atoms with Crippen molar-refractivity contribution in [2.45, 2.75) is 78.4 Å². The predicted octanol–water partition coefficient (Wildman–Crippen LogP) is 4.61. The monoisotopic (exact) mass is 475 g/mol. The van der Waals surface area contributed by atoms with Crippen LogP contribution in [0.2, 0.25) is 0 Å². The van der Waals surface area contributed by atoms with Crippen molar-refractivity contribution in [2.75, 3.05) is 26.4 Å². The van der Waals surface area contributed by atoms with E-state index >= 15 is 0 Å². The van der Waals surface area contributed by atoms with Gasteiger partial charge in [-0.1, -0.05) is 0 Å². The predicted molar refractivity (Wildman–Crippen MR) is 111 cm³/mol. The van der Waals surface area contributed by atoms with E-state index in [-0.39, 0.29) is 26.4 Å². The van der Waals surface area contributed by atoms with E-state index in [4.69, 9.17) is 22.8 Å². The van der Waals surface area contributed by atoms with Crippen molar-refractivity contribution in [3.05, 3.63) is 10.1 Å². The molecule has 11 nitrogen and oxygen atoms in total. The number of nitrogens with zero attached hydrogens (tertiary/aromatic N) is 1. The molecule has 1 atom stereocenters. The van der Waals surface area contributed by atoms with Crippen molar-refractivity contribution in [3.63, 3.8) is 0 Å². The highest BCUT2D eigenvalue weighted by Gasteiger charge is 2.60. The first kappa shape index (κ1) is 29.2. The van der Waals surface area contributed by atoms with Gasteiger partial charge in [0.05, 0.1) is 32.8 Å². The molecule has 0 aliphatic heterocycles. The molecule has 0 rings (SSSR count). The number of carbonyl (C=O) groups excluding carboxylic acids is 1. The van der Waals surface area contributed by atoms with E-state index in [0.29, 0.717) is 0 Å². The second-order valence-corrected chi connectivity index (χ2v) is 12.3. The maximum atomic E-state index is 13.6. The normalized spacial score (nSPS) is 15.1. The second-order valence-electron chi connectivity index (χ2n) is 7.47. The van der Waals surface area contributed by atoms with Gasteiger partial charge < -0.3 is 22.8 Å². The molecule has 0 aliphatic carbocycles. The summed E-state index contributed by atoms with van der Waals surface area (Å²) in [5, 5.41) is 10.2. The lowest BCUT2D eigenvalue weighted by Crippen LogP contribution is -2.49. The standard InChI is InChI=1S/C17H35NO10P2/c1-9-24-29(22,25-10-2)14(30(23,26-11-3)27-12-4)13-17(8,18(20)21)15(19)28-16(5,6)7/h14H,9-13H2,1-8H3/t17-/m1/s1. The Morgan fingerprint density at radius 3 is 1.43 bits per heavy atom. The molecule has 0 saturated carbocycles. The molecule has 13 heteroatoms. The van der Waals surface area contributed by atoms with Gasteiger partial charge in [0.2, 0.25) is 0 Å². The molecule has 0 bridgehead atoms. The van der Waals surface area contributed by atoms with E-state index in [9.17, 15) is 24.0 Å². The number of ether oxygens (including phenoxy) is 1. The molecule has 0 heterocycles. The van der Waals surface area contributed by atoms with Gasteiger partial charge in [-0.25, -0.2) is 4.79 Å². The molecule has 0 unspecified atom stereocenters. The summed E-state index contributed by atoms with van der Waals surface area (Å²) in [6, 6.07) is 0. The van der Waals surface area contributed by atoms with E-state index in [2.05, 4.69) is 0 Å². The van der Waals surface area contributed by atoms with Gasteiger partial charge in [0.15, 0.2) is 5.40 Å². The summed E-state index contributed by atoms with van der Waals surface area (Å²) in [5.74, 6) is -1.18. The molecular formula is C17H35NO10P2. The number of hydrogen-bond donors (Lipinski definition) is 0. The van der Waals surface area contributed by atoms with Crippen molar-refractivity contribution >= 4 is 21.2 Å². The summed E-state index contributed by atoms with van der Waals surface area (Å²) in [4.78, 5) is 23.8. The molecule has 0 N–H and O–H groups in total. The van der Waals surface area contributed by atoms with Gasteiger partial charge in [-0.15, -0.1) is 0 Å². The van der Waals surface area contributed by atoms with Crippen LogP contribution in [0.5, 0.6) is 0 Å². The summed E-state index contributed by atoms with van der Waals surface area (Å²) >= 11 is 0. The van der Waals surface area contributed by atoms with Crippen molar-refractivity contribution < 1.29 is 41.7 Å². The third kappa shape index (κ3) is 7.70. The third-order valence-electron chi connectivity index (χ3n) is 3.79. The Hall–Kier alpha value is -0.830. The molecule has 0 spiro atoms. The molecule has 0 saturated heterocycles.